The quantitative estimate of drug-likeness (QED) is 0.720. The first-order valence-corrected chi connectivity index (χ1v) is 10.1. The Bertz CT molecular complexity index is 729. The largest absolute Gasteiger partial charge is 0.376 e. The van der Waals surface area contributed by atoms with Crippen molar-refractivity contribution in [3.63, 3.8) is 0 Å². The molecule has 0 bridgehead atoms. The summed E-state index contributed by atoms with van der Waals surface area (Å²) in [5.74, 6) is 0.338. The number of rotatable bonds is 7. The van der Waals surface area contributed by atoms with Crippen molar-refractivity contribution < 1.29 is 9.53 Å². The summed E-state index contributed by atoms with van der Waals surface area (Å²) in [5.41, 5.74) is 3.48. The first-order chi connectivity index (χ1) is 12.1. The number of benzene rings is 1. The summed E-state index contributed by atoms with van der Waals surface area (Å²) in [4.78, 5) is 11.9. The van der Waals surface area contributed by atoms with E-state index in [1.54, 1.807) is 0 Å². The Morgan fingerprint density at radius 1 is 1.36 bits per heavy atom. The molecule has 2 N–H and O–H groups in total. The van der Waals surface area contributed by atoms with Gasteiger partial charge in [0.05, 0.1) is 11.9 Å². The number of hydrogen-bond acceptors (Lipinski definition) is 7. The molecule has 6 nitrogen and oxygen atoms in total. The molecule has 1 fully saturated rings. The standard InChI is InChI=1S/C17H22N4O2S2/c1-11-5-6-13(8-12(11)2)19-16-20-21-17(25-16)24-10-15(22)18-9-14-4-3-7-23-14/h5-6,8,14H,3-4,7,9-10H2,1-2H3,(H,18,22)(H,19,20)/t14-/m0/s1. The lowest BCUT2D eigenvalue weighted by Gasteiger charge is -2.09. The van der Waals surface area contributed by atoms with Gasteiger partial charge in [0.2, 0.25) is 11.0 Å². The smallest absolute Gasteiger partial charge is 0.230 e. The number of ether oxygens (including phenoxy) is 1. The normalized spacial score (nSPS) is 16.8. The summed E-state index contributed by atoms with van der Waals surface area (Å²) in [6.07, 6.45) is 2.28. The van der Waals surface area contributed by atoms with Gasteiger partial charge in [-0.25, -0.2) is 0 Å². The van der Waals surface area contributed by atoms with Crippen molar-refractivity contribution in [2.24, 2.45) is 0 Å². The third-order valence-electron chi connectivity index (χ3n) is 4.04. The van der Waals surface area contributed by atoms with Gasteiger partial charge in [-0.1, -0.05) is 29.2 Å². The van der Waals surface area contributed by atoms with Gasteiger partial charge in [-0.05, 0) is 49.9 Å². The molecule has 1 aliphatic heterocycles. The second-order valence-electron chi connectivity index (χ2n) is 6.02. The Balaban J connectivity index is 1.44. The number of hydrogen-bond donors (Lipinski definition) is 2. The van der Waals surface area contributed by atoms with Gasteiger partial charge in [-0.2, -0.15) is 0 Å². The van der Waals surface area contributed by atoms with Gasteiger partial charge in [0.25, 0.3) is 0 Å². The first kappa shape index (κ1) is 18.2. The van der Waals surface area contributed by atoms with Crippen LogP contribution in [0.15, 0.2) is 22.5 Å². The third kappa shape index (κ3) is 5.42. The minimum absolute atomic E-state index is 0.000585. The molecule has 1 atom stereocenters. The van der Waals surface area contributed by atoms with Crippen LogP contribution >= 0.6 is 23.1 Å². The van der Waals surface area contributed by atoms with Gasteiger partial charge < -0.3 is 15.4 Å². The number of thioether (sulfide) groups is 1. The predicted molar refractivity (Wildman–Crippen MR) is 102 cm³/mol. The van der Waals surface area contributed by atoms with Crippen molar-refractivity contribution in [1.29, 1.82) is 0 Å². The Hall–Kier alpha value is -1.64. The summed E-state index contributed by atoms with van der Waals surface area (Å²) in [7, 11) is 0. The highest BCUT2D eigenvalue weighted by Crippen LogP contribution is 2.28. The van der Waals surface area contributed by atoms with Crippen LogP contribution in [0.25, 0.3) is 0 Å². The molecule has 2 heterocycles. The molecule has 1 aliphatic rings. The maximum Gasteiger partial charge on any atom is 0.230 e. The molecule has 0 saturated carbocycles. The first-order valence-electron chi connectivity index (χ1n) is 8.29. The van der Waals surface area contributed by atoms with E-state index >= 15 is 0 Å². The minimum Gasteiger partial charge on any atom is -0.376 e. The molecule has 8 heteroatoms. The lowest BCUT2D eigenvalue weighted by Crippen LogP contribution is -2.32. The predicted octanol–water partition coefficient (Wildman–Crippen LogP) is 3.29. The zero-order chi connectivity index (χ0) is 17.6. The van der Waals surface area contributed by atoms with Crippen LogP contribution in [-0.4, -0.2) is 41.1 Å². The lowest BCUT2D eigenvalue weighted by molar-refractivity contribution is -0.119. The van der Waals surface area contributed by atoms with Crippen LogP contribution in [0.2, 0.25) is 0 Å². The summed E-state index contributed by atoms with van der Waals surface area (Å²) >= 11 is 2.85. The van der Waals surface area contributed by atoms with E-state index in [0.29, 0.717) is 12.3 Å². The number of nitrogens with one attached hydrogen (secondary N) is 2. The molecule has 1 aromatic carbocycles. The number of aryl methyl sites for hydroxylation is 2. The molecule has 0 radical (unpaired) electrons. The SMILES string of the molecule is Cc1ccc(Nc2nnc(SCC(=O)NC[C@@H]3CCCO3)s2)cc1C. The van der Waals surface area contributed by atoms with E-state index in [9.17, 15) is 4.79 Å². The number of carbonyl (C=O) groups excluding carboxylic acids is 1. The fourth-order valence-corrected chi connectivity index (χ4v) is 4.07. The monoisotopic (exact) mass is 378 g/mol. The highest BCUT2D eigenvalue weighted by molar-refractivity contribution is 8.01. The van der Waals surface area contributed by atoms with Crippen LogP contribution in [0.5, 0.6) is 0 Å². The second kappa shape index (κ2) is 8.64. The molecule has 3 rings (SSSR count). The van der Waals surface area contributed by atoms with Crippen LogP contribution in [-0.2, 0) is 9.53 Å². The zero-order valence-corrected chi connectivity index (χ0v) is 16.0. The summed E-state index contributed by atoms with van der Waals surface area (Å²) in [5, 5.41) is 15.2. The molecule has 0 aliphatic carbocycles. The number of amides is 1. The molecule has 2 aromatic rings. The van der Waals surface area contributed by atoms with E-state index in [-0.39, 0.29) is 12.0 Å². The summed E-state index contributed by atoms with van der Waals surface area (Å²) < 4.78 is 6.27. The maximum atomic E-state index is 11.9. The Morgan fingerprint density at radius 3 is 3.00 bits per heavy atom. The van der Waals surface area contributed by atoms with Crippen molar-refractivity contribution in [3.8, 4) is 0 Å². The Morgan fingerprint density at radius 2 is 2.24 bits per heavy atom. The van der Waals surface area contributed by atoms with E-state index in [1.807, 2.05) is 6.07 Å². The van der Waals surface area contributed by atoms with Gasteiger partial charge in [0.1, 0.15) is 0 Å². The van der Waals surface area contributed by atoms with Crippen LogP contribution in [0, 0.1) is 13.8 Å². The highest BCUT2D eigenvalue weighted by Gasteiger charge is 2.16. The van der Waals surface area contributed by atoms with Crippen molar-refractivity contribution >= 4 is 39.8 Å². The van der Waals surface area contributed by atoms with E-state index in [2.05, 4.69) is 46.8 Å². The Labute approximate surface area is 155 Å². The van der Waals surface area contributed by atoms with Crippen LogP contribution in [0.3, 0.4) is 0 Å². The average molecular weight is 379 g/mol. The maximum absolute atomic E-state index is 11.9. The zero-order valence-electron chi connectivity index (χ0n) is 14.4. The van der Waals surface area contributed by atoms with E-state index in [4.69, 9.17) is 4.74 Å². The number of anilines is 2. The van der Waals surface area contributed by atoms with Crippen molar-refractivity contribution in [3.05, 3.63) is 29.3 Å². The number of nitrogens with zero attached hydrogens (tertiary/aromatic N) is 2. The number of aromatic nitrogens is 2. The second-order valence-corrected chi connectivity index (χ2v) is 8.22. The fraction of sp³-hybridized carbons (Fsp3) is 0.471. The molecule has 1 saturated heterocycles. The van der Waals surface area contributed by atoms with Gasteiger partial charge in [0.15, 0.2) is 4.34 Å². The molecule has 0 unspecified atom stereocenters. The van der Waals surface area contributed by atoms with Gasteiger partial charge in [-0.3, -0.25) is 4.79 Å². The fourth-order valence-electron chi connectivity index (χ4n) is 2.47. The summed E-state index contributed by atoms with van der Waals surface area (Å²) in [6, 6.07) is 6.18. The number of carbonyl (C=O) groups is 1. The van der Waals surface area contributed by atoms with Crippen LogP contribution in [0.4, 0.5) is 10.8 Å². The van der Waals surface area contributed by atoms with Gasteiger partial charge in [0, 0.05) is 18.8 Å². The summed E-state index contributed by atoms with van der Waals surface area (Å²) in [6.45, 7) is 5.56. The molecule has 25 heavy (non-hydrogen) atoms. The van der Waals surface area contributed by atoms with Gasteiger partial charge >= 0.3 is 0 Å². The molecule has 1 amide bonds. The molecule has 1 aromatic heterocycles. The Kier molecular flexibility index (Phi) is 6.28. The third-order valence-corrected chi connectivity index (χ3v) is 6.01. The van der Waals surface area contributed by atoms with E-state index < -0.39 is 0 Å². The topological polar surface area (TPSA) is 76.1 Å². The molecule has 0 spiro atoms. The molecular weight excluding hydrogens is 356 g/mol. The van der Waals surface area contributed by atoms with Crippen molar-refractivity contribution in [2.75, 3.05) is 24.2 Å². The van der Waals surface area contributed by atoms with Crippen molar-refractivity contribution in [2.45, 2.75) is 37.1 Å². The molecular formula is C17H22N4O2S2. The van der Waals surface area contributed by atoms with E-state index in [0.717, 1.165) is 34.6 Å². The highest BCUT2D eigenvalue weighted by atomic mass is 32.2. The lowest BCUT2D eigenvalue weighted by atomic mass is 10.1. The van der Waals surface area contributed by atoms with Crippen LogP contribution in [0.1, 0.15) is 24.0 Å². The van der Waals surface area contributed by atoms with Crippen LogP contribution < -0.4 is 10.6 Å². The average Bonchev–Trinajstić information content (AvgIpc) is 3.26. The minimum atomic E-state index is -0.000585. The molecule has 134 valence electrons. The van der Waals surface area contributed by atoms with Gasteiger partial charge in [-0.15, -0.1) is 10.2 Å². The van der Waals surface area contributed by atoms with Crippen molar-refractivity contribution in [1.82, 2.24) is 15.5 Å². The van der Waals surface area contributed by atoms with E-state index in [1.165, 1.54) is 34.2 Å².